The maximum atomic E-state index is 12.4. The molecule has 2 aromatic carbocycles. The van der Waals surface area contributed by atoms with Gasteiger partial charge in [-0.05, 0) is 29.7 Å². The molecule has 2 nitrogen and oxygen atoms in total. The molecular weight excluding hydrogens is 224 g/mol. The lowest BCUT2D eigenvalue weighted by Gasteiger charge is -2.06. The normalized spacial score (nSPS) is 13.4. The van der Waals surface area contributed by atoms with E-state index in [0.717, 1.165) is 22.3 Å². The summed E-state index contributed by atoms with van der Waals surface area (Å²) in [5, 5.41) is 0. The Morgan fingerprint density at radius 2 is 1.83 bits per heavy atom. The Labute approximate surface area is 106 Å². The maximum absolute atomic E-state index is 12.4. The summed E-state index contributed by atoms with van der Waals surface area (Å²) in [6.07, 6.45) is 0. The predicted octanol–water partition coefficient (Wildman–Crippen LogP) is 3.26. The van der Waals surface area contributed by atoms with Crippen molar-refractivity contribution in [3.8, 4) is 0 Å². The molecule has 0 aliphatic carbocycles. The number of hydrogen-bond acceptors (Lipinski definition) is 2. The maximum Gasteiger partial charge on any atom is 0.193 e. The van der Waals surface area contributed by atoms with Gasteiger partial charge in [0, 0.05) is 11.1 Å². The molecule has 2 aromatic rings. The Morgan fingerprint density at radius 1 is 1.06 bits per heavy atom. The molecule has 0 spiro atoms. The third kappa shape index (κ3) is 1.85. The van der Waals surface area contributed by atoms with Gasteiger partial charge in [0.15, 0.2) is 5.78 Å². The molecular formula is C16H14O2. The fourth-order valence-corrected chi connectivity index (χ4v) is 2.30. The van der Waals surface area contributed by atoms with Gasteiger partial charge in [0.2, 0.25) is 0 Å². The summed E-state index contributed by atoms with van der Waals surface area (Å²) in [5.41, 5.74) is 4.86. The van der Waals surface area contributed by atoms with Gasteiger partial charge in [-0.3, -0.25) is 4.79 Å². The van der Waals surface area contributed by atoms with Crippen LogP contribution < -0.4 is 0 Å². The number of rotatable bonds is 2. The number of hydrogen-bond donors (Lipinski definition) is 0. The first-order chi connectivity index (χ1) is 8.75. The Balaban J connectivity index is 2.01. The molecule has 1 aliphatic heterocycles. The summed E-state index contributed by atoms with van der Waals surface area (Å²) in [6.45, 7) is 3.24. The van der Waals surface area contributed by atoms with Crippen molar-refractivity contribution in [3.63, 3.8) is 0 Å². The van der Waals surface area contributed by atoms with Gasteiger partial charge >= 0.3 is 0 Å². The van der Waals surface area contributed by atoms with Crippen molar-refractivity contribution < 1.29 is 9.53 Å². The highest BCUT2D eigenvalue weighted by Gasteiger charge is 2.16. The standard InChI is InChI=1S/C16H14O2/c1-11-4-2-3-5-15(11)16(17)12-6-7-13-9-18-10-14(13)8-12/h2-8H,9-10H2,1H3. The summed E-state index contributed by atoms with van der Waals surface area (Å²) >= 11 is 0. The highest BCUT2D eigenvalue weighted by molar-refractivity contribution is 6.10. The van der Waals surface area contributed by atoms with Gasteiger partial charge in [-0.2, -0.15) is 0 Å². The third-order valence-electron chi connectivity index (χ3n) is 3.37. The van der Waals surface area contributed by atoms with E-state index in [2.05, 4.69) is 0 Å². The van der Waals surface area contributed by atoms with E-state index in [1.54, 1.807) is 0 Å². The molecule has 2 heteroatoms. The van der Waals surface area contributed by atoms with E-state index in [1.807, 2.05) is 49.4 Å². The largest absolute Gasteiger partial charge is 0.372 e. The monoisotopic (exact) mass is 238 g/mol. The summed E-state index contributed by atoms with van der Waals surface area (Å²) in [6, 6.07) is 13.5. The van der Waals surface area contributed by atoms with Crippen molar-refractivity contribution >= 4 is 5.78 Å². The molecule has 1 aliphatic rings. The van der Waals surface area contributed by atoms with Crippen molar-refractivity contribution in [2.75, 3.05) is 0 Å². The third-order valence-corrected chi connectivity index (χ3v) is 3.37. The molecule has 0 bridgehead atoms. The molecule has 0 radical (unpaired) electrons. The Bertz CT molecular complexity index is 614. The van der Waals surface area contributed by atoms with E-state index in [0.29, 0.717) is 13.2 Å². The number of benzene rings is 2. The van der Waals surface area contributed by atoms with Crippen LogP contribution in [0.2, 0.25) is 0 Å². The quantitative estimate of drug-likeness (QED) is 0.751. The Hall–Kier alpha value is -1.93. The average Bonchev–Trinajstić information content (AvgIpc) is 2.85. The molecule has 0 saturated heterocycles. The first kappa shape index (κ1) is 11.2. The van der Waals surface area contributed by atoms with Gasteiger partial charge < -0.3 is 4.74 Å². The second-order valence-corrected chi connectivity index (χ2v) is 4.62. The van der Waals surface area contributed by atoms with E-state index in [9.17, 15) is 4.79 Å². The summed E-state index contributed by atoms with van der Waals surface area (Å²) in [4.78, 5) is 12.4. The van der Waals surface area contributed by atoms with Crippen LogP contribution in [0.15, 0.2) is 42.5 Å². The van der Waals surface area contributed by atoms with Crippen molar-refractivity contribution in [1.82, 2.24) is 0 Å². The summed E-state index contributed by atoms with van der Waals surface area (Å²) < 4.78 is 5.37. The van der Waals surface area contributed by atoms with Crippen molar-refractivity contribution in [3.05, 3.63) is 70.3 Å². The second-order valence-electron chi connectivity index (χ2n) is 4.62. The number of ether oxygens (including phenoxy) is 1. The molecule has 90 valence electrons. The van der Waals surface area contributed by atoms with Crippen LogP contribution in [0.4, 0.5) is 0 Å². The van der Waals surface area contributed by atoms with E-state index in [4.69, 9.17) is 4.74 Å². The van der Waals surface area contributed by atoms with Crippen LogP contribution in [0.25, 0.3) is 0 Å². The zero-order valence-electron chi connectivity index (χ0n) is 10.3. The van der Waals surface area contributed by atoms with E-state index in [1.165, 1.54) is 5.56 Å². The van der Waals surface area contributed by atoms with Gasteiger partial charge in [0.1, 0.15) is 0 Å². The van der Waals surface area contributed by atoms with E-state index in [-0.39, 0.29) is 5.78 Å². The van der Waals surface area contributed by atoms with Crippen LogP contribution in [-0.2, 0) is 18.0 Å². The van der Waals surface area contributed by atoms with Gasteiger partial charge in [-0.1, -0.05) is 36.4 Å². The minimum absolute atomic E-state index is 0.0859. The van der Waals surface area contributed by atoms with Gasteiger partial charge in [0.05, 0.1) is 13.2 Å². The SMILES string of the molecule is Cc1ccccc1C(=O)c1ccc2c(c1)COC2. The van der Waals surface area contributed by atoms with Crippen LogP contribution >= 0.6 is 0 Å². The Kier molecular flexibility index (Phi) is 2.73. The lowest BCUT2D eigenvalue weighted by Crippen LogP contribution is -2.04. The second kappa shape index (κ2) is 4.39. The average molecular weight is 238 g/mol. The number of ketones is 1. The van der Waals surface area contributed by atoms with Crippen LogP contribution in [0.1, 0.15) is 32.6 Å². The minimum atomic E-state index is 0.0859. The molecule has 1 heterocycles. The fourth-order valence-electron chi connectivity index (χ4n) is 2.30. The molecule has 0 unspecified atom stereocenters. The van der Waals surface area contributed by atoms with Gasteiger partial charge in [-0.15, -0.1) is 0 Å². The lowest BCUT2D eigenvalue weighted by molar-refractivity contribution is 0.103. The van der Waals surface area contributed by atoms with E-state index < -0.39 is 0 Å². The Morgan fingerprint density at radius 3 is 2.67 bits per heavy atom. The predicted molar refractivity (Wildman–Crippen MR) is 69.5 cm³/mol. The summed E-state index contributed by atoms with van der Waals surface area (Å²) in [5.74, 6) is 0.0859. The molecule has 0 N–H and O–H groups in total. The molecule has 0 fully saturated rings. The van der Waals surface area contributed by atoms with Crippen LogP contribution in [0.3, 0.4) is 0 Å². The highest BCUT2D eigenvalue weighted by atomic mass is 16.5. The molecule has 0 atom stereocenters. The first-order valence-electron chi connectivity index (χ1n) is 6.05. The zero-order chi connectivity index (χ0) is 12.5. The van der Waals surface area contributed by atoms with Crippen molar-refractivity contribution in [2.24, 2.45) is 0 Å². The van der Waals surface area contributed by atoms with Gasteiger partial charge in [-0.25, -0.2) is 0 Å². The molecule has 0 aromatic heterocycles. The molecule has 0 saturated carbocycles. The summed E-state index contributed by atoms with van der Waals surface area (Å²) in [7, 11) is 0. The van der Waals surface area contributed by atoms with E-state index >= 15 is 0 Å². The van der Waals surface area contributed by atoms with Crippen LogP contribution in [-0.4, -0.2) is 5.78 Å². The number of carbonyl (C=O) groups is 1. The van der Waals surface area contributed by atoms with Crippen molar-refractivity contribution in [2.45, 2.75) is 20.1 Å². The smallest absolute Gasteiger partial charge is 0.193 e. The number of carbonyl (C=O) groups excluding carboxylic acids is 1. The molecule has 0 amide bonds. The number of aryl methyl sites for hydroxylation is 1. The number of fused-ring (bicyclic) bond motifs is 1. The lowest BCUT2D eigenvalue weighted by atomic mass is 9.97. The first-order valence-corrected chi connectivity index (χ1v) is 6.05. The fraction of sp³-hybridized carbons (Fsp3) is 0.188. The topological polar surface area (TPSA) is 26.3 Å². The molecule has 18 heavy (non-hydrogen) atoms. The molecule has 3 rings (SSSR count). The van der Waals surface area contributed by atoms with Crippen LogP contribution in [0, 0.1) is 6.92 Å². The highest BCUT2D eigenvalue weighted by Crippen LogP contribution is 2.22. The minimum Gasteiger partial charge on any atom is -0.372 e. The van der Waals surface area contributed by atoms with Crippen molar-refractivity contribution in [1.29, 1.82) is 0 Å². The van der Waals surface area contributed by atoms with Gasteiger partial charge in [0.25, 0.3) is 0 Å². The zero-order valence-corrected chi connectivity index (χ0v) is 10.3. The van der Waals surface area contributed by atoms with Crippen LogP contribution in [0.5, 0.6) is 0 Å².